The van der Waals surface area contributed by atoms with Gasteiger partial charge in [0, 0.05) is 30.6 Å². The Morgan fingerprint density at radius 1 is 1.26 bits per heavy atom. The first-order valence-corrected chi connectivity index (χ1v) is 11.1. The molecule has 3 aromatic rings. The fourth-order valence-electron chi connectivity index (χ4n) is 4.41. The first-order chi connectivity index (χ1) is 16.5. The third-order valence-corrected chi connectivity index (χ3v) is 6.14. The van der Waals surface area contributed by atoms with Crippen molar-refractivity contribution in [2.24, 2.45) is 10.8 Å². The van der Waals surface area contributed by atoms with Crippen molar-refractivity contribution in [2.45, 2.75) is 25.4 Å². The van der Waals surface area contributed by atoms with Gasteiger partial charge in [-0.25, -0.2) is 4.98 Å². The summed E-state index contributed by atoms with van der Waals surface area (Å²) in [5, 5.41) is 18.4. The number of amides is 1. The summed E-state index contributed by atoms with van der Waals surface area (Å²) in [5.41, 5.74) is 16.2. The molecule has 9 heteroatoms. The Bertz CT molecular complexity index is 1360. The number of carbonyl (C=O) groups excluding carboxylic acids is 1. The Labute approximate surface area is 245 Å². The number of aliphatic hydroxyl groups is 1. The summed E-state index contributed by atoms with van der Waals surface area (Å²) in [4.78, 5) is 19.4. The van der Waals surface area contributed by atoms with Gasteiger partial charge in [0.05, 0.1) is 16.7 Å². The van der Waals surface area contributed by atoms with Crippen LogP contribution in [0.4, 0.5) is 0 Å². The van der Waals surface area contributed by atoms with Gasteiger partial charge in [-0.15, -0.1) is 7.05 Å². The third kappa shape index (κ3) is 5.50. The number of aliphatic hydroxyl groups excluding tert-OH is 1. The smallest absolute Gasteiger partial charge is 0.604 e. The predicted octanol–water partition coefficient (Wildman–Crippen LogP) is 1.20. The average molecular weight is 493 g/mol. The zero-order chi connectivity index (χ0) is 23.7. The van der Waals surface area contributed by atoms with Crippen molar-refractivity contribution in [3.63, 3.8) is 0 Å². The van der Waals surface area contributed by atoms with Crippen molar-refractivity contribution < 1.29 is 61.3 Å². The summed E-state index contributed by atoms with van der Waals surface area (Å²) in [6.07, 6.45) is 8.21. The molecule has 0 radical (unpaired) electrons. The molecule has 0 fully saturated rings. The number of hydrogen-bond acceptors (Lipinski definition) is 5. The van der Waals surface area contributed by atoms with Crippen LogP contribution in [-0.4, -0.2) is 33.7 Å². The van der Waals surface area contributed by atoms with E-state index in [9.17, 15) is 9.90 Å². The molecule has 2 aliphatic rings. The number of nitrogens with two attached hydrogens (primary N) is 1. The van der Waals surface area contributed by atoms with Crippen LogP contribution in [0.5, 0.6) is 0 Å². The fourth-order valence-corrected chi connectivity index (χ4v) is 4.41. The summed E-state index contributed by atoms with van der Waals surface area (Å²) >= 11 is 0. The molecule has 1 atom stereocenters. The number of nitrogens with zero attached hydrogens (tertiary/aromatic N) is 3. The van der Waals surface area contributed by atoms with Gasteiger partial charge in [-0.3, -0.25) is 4.79 Å². The van der Waals surface area contributed by atoms with Gasteiger partial charge in [-0.05, 0) is 52.9 Å². The van der Waals surface area contributed by atoms with Crippen LogP contribution in [0.25, 0.3) is 22.5 Å². The third-order valence-electron chi connectivity index (χ3n) is 6.14. The van der Waals surface area contributed by atoms with Gasteiger partial charge < -0.3 is 31.7 Å². The summed E-state index contributed by atoms with van der Waals surface area (Å²) in [6.45, 7) is 1.70. The number of primary amides is 1. The summed E-state index contributed by atoms with van der Waals surface area (Å²) < 4.78 is 0. The van der Waals surface area contributed by atoms with Gasteiger partial charge in [0.2, 0.25) is 5.91 Å². The Hall–Kier alpha value is -2.53. The quantitative estimate of drug-likeness (QED) is 0.178. The van der Waals surface area contributed by atoms with Gasteiger partial charge in [0.15, 0.2) is 0 Å². The molecule has 0 saturated carbocycles. The van der Waals surface area contributed by atoms with E-state index in [4.69, 9.17) is 5.73 Å². The van der Waals surface area contributed by atoms with Crippen LogP contribution in [-0.2, 0) is 13.1 Å². The van der Waals surface area contributed by atoms with Gasteiger partial charge in [-0.1, -0.05) is 30.4 Å². The molecule has 1 aliphatic carbocycles. The Balaban J connectivity index is 0.00000289. The minimum atomic E-state index is -0.446. The molecule has 0 bridgehead atoms. The number of benzene rings is 2. The number of rotatable bonds is 6. The van der Waals surface area contributed by atoms with Crippen LogP contribution in [0.2, 0.25) is 0 Å². The van der Waals surface area contributed by atoms with E-state index in [0.29, 0.717) is 23.5 Å². The molecule has 1 aliphatic heterocycles. The van der Waals surface area contributed by atoms with E-state index in [1.807, 2.05) is 36.4 Å². The zero-order valence-corrected chi connectivity index (χ0v) is 22.9. The first-order valence-electron chi connectivity index (χ1n) is 11.1. The number of aromatic nitrogens is 2. The topological polar surface area (TPSA) is 130 Å². The van der Waals surface area contributed by atoms with Crippen molar-refractivity contribution >= 4 is 28.7 Å². The second kappa shape index (κ2) is 11.0. The number of carbonyl (C=O) groups is 1. The van der Waals surface area contributed by atoms with Crippen molar-refractivity contribution in [1.29, 1.82) is 0 Å². The molecule has 172 valence electrons. The van der Waals surface area contributed by atoms with Crippen LogP contribution < -0.4 is 62.4 Å². The maximum absolute atomic E-state index is 11.5. The number of imidazole rings is 1. The minimum absolute atomic E-state index is 0. The van der Waals surface area contributed by atoms with Crippen LogP contribution in [0, 0.1) is 0 Å². The van der Waals surface area contributed by atoms with Crippen LogP contribution in [0.15, 0.2) is 71.1 Å². The molecule has 8 nitrogen and oxygen atoms in total. The number of H-pyrrole nitrogens is 1. The molecule has 5 N–H and O–H groups in total. The zero-order valence-electron chi connectivity index (χ0n) is 19.7. The summed E-state index contributed by atoms with van der Waals surface area (Å²) in [5.74, 6) is 0.179. The Morgan fingerprint density at radius 3 is 2.77 bits per heavy atom. The van der Waals surface area contributed by atoms with Crippen molar-refractivity contribution in [3.05, 3.63) is 99.5 Å². The largest absolute Gasteiger partial charge is 1.00 e. The molecule has 2 heterocycles. The average Bonchev–Trinajstić information content (AvgIpc) is 3.46. The maximum atomic E-state index is 11.5. The first kappa shape index (κ1) is 25.6. The number of hydrogen-bond donors (Lipinski definition) is 4. The number of allylic oxidation sites excluding steroid dienone is 4. The molecule has 5 rings (SSSR count). The van der Waals surface area contributed by atoms with E-state index in [1.165, 1.54) is 11.1 Å². The predicted molar refractivity (Wildman–Crippen MR) is 134 cm³/mol. The fraction of sp³-hybridized carbons (Fsp3) is 0.192. The number of aromatic amines is 1. The van der Waals surface area contributed by atoms with Gasteiger partial charge in [0.25, 0.3) is 0 Å². The van der Waals surface area contributed by atoms with Crippen LogP contribution >= 0.6 is 0 Å². The van der Waals surface area contributed by atoms with E-state index in [0.717, 1.165) is 35.3 Å². The van der Waals surface area contributed by atoms with Crippen molar-refractivity contribution in [2.75, 3.05) is 7.05 Å². The number of fused-ring (bicyclic) bond motifs is 2. The van der Waals surface area contributed by atoms with Crippen LogP contribution in [0.3, 0.4) is 0 Å². The molecule has 2 aromatic carbocycles. The van der Waals surface area contributed by atoms with Gasteiger partial charge >= 0.3 is 51.4 Å². The molecule has 1 unspecified atom stereocenters. The Morgan fingerprint density at radius 2 is 2.06 bits per heavy atom. The Kier molecular flexibility index (Phi) is 8.05. The van der Waals surface area contributed by atoms with Crippen LogP contribution in [0.1, 0.15) is 45.2 Å². The standard InChI is InChI=1S/C26H26N6O2.K/c1-28-32-25(16-7-5-15(6-8-16)17-3-2-4-18(9-17)26(27)34)23(33)12-24-30-21-10-19-13-29-14-20(19)11-22(21)31-24;/h2-5,7-12,15,29H,6,13-14H2,1H3,(H5,27,28,30,31,32,33,34);/q;+1/p-1. The second-order valence-corrected chi connectivity index (χ2v) is 8.39. The van der Waals surface area contributed by atoms with E-state index >= 15 is 0 Å². The molecule has 1 aromatic heterocycles. The van der Waals surface area contributed by atoms with Gasteiger partial charge in [-0.2, -0.15) is 0 Å². The summed E-state index contributed by atoms with van der Waals surface area (Å²) in [6, 6.07) is 11.5. The van der Waals surface area contributed by atoms with E-state index < -0.39 is 5.91 Å². The monoisotopic (exact) mass is 492 g/mol. The molecule has 0 saturated heterocycles. The second-order valence-electron chi connectivity index (χ2n) is 8.39. The normalized spacial score (nSPS) is 17.6. The molecule has 1 amide bonds. The molecular formula is C26H25KN6O2. The van der Waals surface area contributed by atoms with E-state index in [-0.39, 0.29) is 63.1 Å². The summed E-state index contributed by atoms with van der Waals surface area (Å²) in [7, 11) is 1.56. The maximum Gasteiger partial charge on any atom is 1.00 e. The molecule has 35 heavy (non-hydrogen) atoms. The van der Waals surface area contributed by atoms with Crippen molar-refractivity contribution in [1.82, 2.24) is 15.3 Å². The molecule has 0 spiro atoms. The number of nitrogens with one attached hydrogen (secondary N) is 2. The van der Waals surface area contributed by atoms with E-state index in [2.05, 4.69) is 37.9 Å². The van der Waals surface area contributed by atoms with Gasteiger partial charge in [0.1, 0.15) is 11.6 Å². The molecular weight excluding hydrogens is 467 g/mol. The SMILES string of the molecule is C[N-]/N=C(C1=CCC(c2cccc(C(N)=O)c2)C=C1)\C(O)=C\c1nc2cc3c(cc2[nH]1)CNC3.[K+]. The van der Waals surface area contributed by atoms with E-state index in [1.54, 1.807) is 19.2 Å². The minimum Gasteiger partial charge on any atom is -0.604 e. The van der Waals surface area contributed by atoms with Crippen molar-refractivity contribution in [3.8, 4) is 0 Å².